The van der Waals surface area contributed by atoms with E-state index >= 15 is 0 Å². The van der Waals surface area contributed by atoms with E-state index in [0.29, 0.717) is 49.8 Å². The van der Waals surface area contributed by atoms with E-state index in [2.05, 4.69) is 10.6 Å². The van der Waals surface area contributed by atoms with Crippen molar-refractivity contribution in [2.45, 2.75) is 62.6 Å². The van der Waals surface area contributed by atoms with Crippen LogP contribution >= 0.6 is 0 Å². The number of halogens is 3. The minimum atomic E-state index is -4.65. The number of methoxy groups -OCH3 is 2. The molecule has 4 aromatic carbocycles. The smallest absolute Gasteiger partial charge is 0.422 e. The van der Waals surface area contributed by atoms with Crippen LogP contribution in [0.25, 0.3) is 0 Å². The predicted molar refractivity (Wildman–Crippen MR) is 209 cm³/mol. The first-order valence-electron chi connectivity index (χ1n) is 18.5. The molecule has 12 nitrogen and oxygen atoms in total. The summed E-state index contributed by atoms with van der Waals surface area (Å²) < 4.78 is 82.5. The minimum absolute atomic E-state index is 0.0507. The number of sulfonamides is 1. The highest BCUT2D eigenvalue weighted by molar-refractivity contribution is 7.89. The second-order valence-electron chi connectivity index (χ2n) is 13.7. The third-order valence-electron chi connectivity index (χ3n) is 9.83. The summed E-state index contributed by atoms with van der Waals surface area (Å²) in [5, 5.41) is 5.30. The van der Waals surface area contributed by atoms with E-state index in [0.717, 1.165) is 17.2 Å². The number of aryl methyl sites for hydroxylation is 2. The molecule has 1 aliphatic carbocycles. The summed E-state index contributed by atoms with van der Waals surface area (Å²) in [4.78, 5) is 50.8. The summed E-state index contributed by atoms with van der Waals surface area (Å²) >= 11 is 0. The second kappa shape index (κ2) is 19.1. The summed E-state index contributed by atoms with van der Waals surface area (Å²) in [5.74, 6) is -2.86. The van der Waals surface area contributed by atoms with Crippen LogP contribution in [0.3, 0.4) is 0 Å². The number of rotatable bonds is 15. The molecular weight excluding hydrogens is 780 g/mol. The molecule has 0 atom stereocenters. The molecule has 4 aromatic rings. The van der Waals surface area contributed by atoms with Crippen LogP contribution < -0.4 is 15.4 Å². The molecule has 0 bridgehead atoms. The molecule has 16 heteroatoms. The molecule has 0 heterocycles. The topological polar surface area (TPSA) is 157 Å². The molecule has 0 spiro atoms. The number of anilines is 2. The number of hydrogen-bond donors (Lipinski definition) is 2. The lowest BCUT2D eigenvalue weighted by Gasteiger charge is -2.34. The Bertz CT molecular complexity index is 2210. The van der Waals surface area contributed by atoms with Gasteiger partial charge in [0.1, 0.15) is 5.75 Å². The number of carbonyl (C=O) groups excluding carboxylic acids is 4. The van der Waals surface area contributed by atoms with Crippen LogP contribution in [0.4, 0.5) is 24.5 Å². The Kier molecular flexibility index (Phi) is 14.3. The highest BCUT2D eigenvalue weighted by atomic mass is 32.2. The first-order valence-corrected chi connectivity index (χ1v) is 20.0. The van der Waals surface area contributed by atoms with Gasteiger partial charge >= 0.3 is 18.1 Å². The average molecular weight is 824 g/mol. The van der Waals surface area contributed by atoms with Gasteiger partial charge in [-0.25, -0.2) is 13.2 Å². The van der Waals surface area contributed by atoms with Gasteiger partial charge in [-0.2, -0.15) is 17.5 Å². The molecule has 58 heavy (non-hydrogen) atoms. The van der Waals surface area contributed by atoms with E-state index in [1.165, 1.54) is 54.9 Å². The van der Waals surface area contributed by atoms with E-state index in [-0.39, 0.29) is 51.9 Å². The Morgan fingerprint density at radius 1 is 0.759 bits per heavy atom. The summed E-state index contributed by atoms with van der Waals surface area (Å²) in [6.45, 7) is 0.254. The molecule has 0 aliphatic heterocycles. The second-order valence-corrected chi connectivity index (χ2v) is 15.6. The SMILES string of the molecule is CCN([C@H]1CC[C@H](C(=O)OC)CC1)S(=O)(=O)c1cccc(C(=O)Nc2ccc(OCC(F)(F)F)cc2C(=O)Nc2ccc(CCc3ccc(C(=O)OC)cc3)cc2)c1. The van der Waals surface area contributed by atoms with Gasteiger partial charge in [-0.05, 0) is 110 Å². The number of alkyl halides is 3. The Labute approximate surface area is 334 Å². The molecule has 1 fully saturated rings. The van der Waals surface area contributed by atoms with Crippen molar-refractivity contribution in [2.24, 2.45) is 5.92 Å². The van der Waals surface area contributed by atoms with Gasteiger partial charge in [0.05, 0.1) is 41.8 Å². The van der Waals surface area contributed by atoms with Crippen LogP contribution in [0.1, 0.15) is 74.8 Å². The lowest BCUT2D eigenvalue weighted by atomic mass is 9.86. The zero-order valence-electron chi connectivity index (χ0n) is 32.1. The minimum Gasteiger partial charge on any atom is -0.484 e. The monoisotopic (exact) mass is 823 g/mol. The number of amides is 2. The number of carbonyl (C=O) groups is 4. The largest absolute Gasteiger partial charge is 0.484 e. The standard InChI is InChI=1S/C42H44F3N3O9S/c1-4-48(33-20-16-30(17-21-33)41(52)56-3)58(53,54)35-7-5-6-31(24-35)38(49)47-37-23-22-34(57-26-42(43,44)45)25-36(37)39(50)46-32-18-12-28(13-19-32)9-8-27-10-14-29(15-11-27)40(51)55-2/h5-7,10-15,18-19,22-25,30,33H,4,8-9,16-17,20-21,26H2,1-3H3,(H,46,50)(H,47,49)/t30-,33-. The molecule has 0 unspecified atom stereocenters. The van der Waals surface area contributed by atoms with Crippen LogP contribution in [0.5, 0.6) is 5.75 Å². The molecule has 0 aromatic heterocycles. The summed E-state index contributed by atoms with van der Waals surface area (Å²) in [6.07, 6.45) is -1.45. The van der Waals surface area contributed by atoms with E-state index < -0.39 is 40.6 Å². The number of hydrogen-bond acceptors (Lipinski definition) is 9. The normalized spacial score (nSPS) is 15.6. The lowest BCUT2D eigenvalue weighted by molar-refractivity contribution is -0.153. The fourth-order valence-electron chi connectivity index (χ4n) is 6.76. The van der Waals surface area contributed by atoms with Gasteiger partial charge in [0.2, 0.25) is 10.0 Å². The maximum absolute atomic E-state index is 13.9. The van der Waals surface area contributed by atoms with Gasteiger partial charge in [-0.1, -0.05) is 37.3 Å². The molecular formula is C42H44F3N3O9S. The Balaban J connectivity index is 1.30. The van der Waals surface area contributed by atoms with Gasteiger partial charge in [0.15, 0.2) is 6.61 Å². The first-order chi connectivity index (χ1) is 27.6. The highest BCUT2D eigenvalue weighted by Crippen LogP contribution is 2.32. The van der Waals surface area contributed by atoms with Crippen LogP contribution in [0.15, 0.2) is 95.9 Å². The fraction of sp³-hybridized carbons (Fsp3) is 0.333. The Morgan fingerprint density at radius 2 is 1.40 bits per heavy atom. The van der Waals surface area contributed by atoms with Crippen LogP contribution in [0.2, 0.25) is 0 Å². The average Bonchev–Trinajstić information content (AvgIpc) is 3.22. The van der Waals surface area contributed by atoms with Crippen molar-refractivity contribution in [3.63, 3.8) is 0 Å². The molecule has 0 radical (unpaired) electrons. The van der Waals surface area contributed by atoms with Crippen molar-refractivity contribution in [2.75, 3.05) is 38.0 Å². The number of ether oxygens (including phenoxy) is 3. The van der Waals surface area contributed by atoms with Crippen LogP contribution in [0, 0.1) is 5.92 Å². The third kappa shape index (κ3) is 11.2. The van der Waals surface area contributed by atoms with Crippen molar-refractivity contribution in [1.82, 2.24) is 4.31 Å². The zero-order chi connectivity index (χ0) is 42.0. The number of esters is 2. The lowest BCUT2D eigenvalue weighted by Crippen LogP contribution is -2.43. The zero-order valence-corrected chi connectivity index (χ0v) is 33.0. The van der Waals surface area contributed by atoms with Crippen LogP contribution in [-0.4, -0.2) is 76.1 Å². The summed E-state index contributed by atoms with van der Waals surface area (Å²) in [7, 11) is -1.45. The molecule has 2 amide bonds. The quantitative estimate of drug-likeness (QED) is 0.116. The van der Waals surface area contributed by atoms with Crippen molar-refractivity contribution >= 4 is 45.2 Å². The first kappa shape index (κ1) is 43.4. The van der Waals surface area contributed by atoms with Gasteiger partial charge in [0, 0.05) is 23.8 Å². The fourth-order valence-corrected chi connectivity index (χ4v) is 8.50. The summed E-state index contributed by atoms with van der Waals surface area (Å²) in [6, 6.07) is 22.5. The maximum atomic E-state index is 13.9. The Hall–Kier alpha value is -5.74. The third-order valence-corrected chi connectivity index (χ3v) is 11.9. The van der Waals surface area contributed by atoms with Gasteiger partial charge in [0.25, 0.3) is 11.8 Å². The van der Waals surface area contributed by atoms with Gasteiger partial charge < -0.3 is 24.8 Å². The molecule has 5 rings (SSSR count). The molecule has 308 valence electrons. The number of nitrogens with one attached hydrogen (secondary N) is 2. The highest BCUT2D eigenvalue weighted by Gasteiger charge is 2.36. The number of nitrogens with zero attached hydrogens (tertiary/aromatic N) is 1. The van der Waals surface area contributed by atoms with Crippen molar-refractivity contribution < 1.29 is 55.0 Å². The van der Waals surface area contributed by atoms with E-state index in [9.17, 15) is 40.8 Å². The molecule has 1 aliphatic rings. The summed E-state index contributed by atoms with van der Waals surface area (Å²) in [5.41, 5.74) is 2.43. The molecule has 2 N–H and O–H groups in total. The maximum Gasteiger partial charge on any atom is 0.422 e. The van der Waals surface area contributed by atoms with Crippen molar-refractivity contribution in [3.8, 4) is 5.75 Å². The predicted octanol–water partition coefficient (Wildman–Crippen LogP) is 7.45. The van der Waals surface area contributed by atoms with Gasteiger partial charge in [-0.3, -0.25) is 14.4 Å². The van der Waals surface area contributed by atoms with Gasteiger partial charge in [-0.15, -0.1) is 0 Å². The van der Waals surface area contributed by atoms with Crippen molar-refractivity contribution in [3.05, 3.63) is 119 Å². The Morgan fingerprint density at radius 3 is 1.98 bits per heavy atom. The molecule has 0 saturated heterocycles. The van der Waals surface area contributed by atoms with E-state index in [1.54, 1.807) is 43.3 Å². The van der Waals surface area contributed by atoms with E-state index in [4.69, 9.17) is 14.2 Å². The van der Waals surface area contributed by atoms with E-state index in [1.807, 2.05) is 12.1 Å². The van der Waals surface area contributed by atoms with Crippen LogP contribution in [-0.2, 0) is 37.1 Å². The number of benzene rings is 4. The van der Waals surface area contributed by atoms with Crippen molar-refractivity contribution in [1.29, 1.82) is 0 Å². The molecule has 1 saturated carbocycles.